The molecule has 0 radical (unpaired) electrons. The Bertz CT molecular complexity index is 508. The minimum Gasteiger partial charge on any atom is -0.465 e. The van der Waals surface area contributed by atoms with Crippen LogP contribution in [0.5, 0.6) is 0 Å². The predicted octanol–water partition coefficient (Wildman–Crippen LogP) is 1.88. The summed E-state index contributed by atoms with van der Waals surface area (Å²) in [7, 11) is 0. The fraction of sp³-hybridized carbons (Fsp3) is 0.273. The maximum atomic E-state index is 13.2. The number of carbonyl (C=O) groups excluding carboxylic acids is 1. The highest BCUT2D eigenvalue weighted by molar-refractivity contribution is 6.30. The van der Waals surface area contributed by atoms with Crippen molar-refractivity contribution in [1.29, 1.82) is 0 Å². The molecular formula is C11H9ClFNO4. The van der Waals surface area contributed by atoms with Crippen LogP contribution in [0.25, 0.3) is 0 Å². The maximum absolute atomic E-state index is 13.2. The van der Waals surface area contributed by atoms with Crippen LogP contribution in [-0.4, -0.2) is 34.8 Å². The first-order valence-corrected chi connectivity index (χ1v) is 5.47. The smallest absolute Gasteiger partial charge is 0.410 e. The Morgan fingerprint density at radius 2 is 2.33 bits per heavy atom. The molecule has 0 saturated carbocycles. The topological polar surface area (TPSA) is 66.8 Å². The fourth-order valence-electron chi connectivity index (χ4n) is 1.72. The molecule has 7 heteroatoms. The van der Waals surface area contributed by atoms with Gasteiger partial charge in [0.1, 0.15) is 11.9 Å². The minimum atomic E-state index is -1.25. The first-order valence-electron chi connectivity index (χ1n) is 5.09. The van der Waals surface area contributed by atoms with Crippen LogP contribution in [0.15, 0.2) is 18.2 Å². The quantitative estimate of drug-likeness (QED) is 0.836. The molecule has 1 aromatic rings. The van der Waals surface area contributed by atoms with Crippen molar-refractivity contribution in [2.24, 2.45) is 0 Å². The van der Waals surface area contributed by atoms with E-state index < -0.39 is 23.9 Å². The first-order chi connectivity index (χ1) is 8.49. The van der Waals surface area contributed by atoms with Crippen LogP contribution in [0.4, 0.5) is 9.18 Å². The Morgan fingerprint density at radius 1 is 1.61 bits per heavy atom. The Labute approximate surface area is 107 Å². The van der Waals surface area contributed by atoms with Gasteiger partial charge in [-0.3, -0.25) is 4.90 Å². The van der Waals surface area contributed by atoms with E-state index in [1.54, 1.807) is 0 Å². The SMILES string of the molecule is O=C1OCN(C(=O)O)C1Cc1ccc(Cl)c(F)c1. The number of carboxylic acid groups (broad SMARTS) is 1. The van der Waals surface area contributed by atoms with Crippen LogP contribution in [0.1, 0.15) is 5.56 Å². The lowest BCUT2D eigenvalue weighted by atomic mass is 10.1. The Kier molecular flexibility index (Phi) is 3.38. The van der Waals surface area contributed by atoms with Gasteiger partial charge in [0, 0.05) is 6.42 Å². The van der Waals surface area contributed by atoms with Crippen molar-refractivity contribution in [2.45, 2.75) is 12.5 Å². The second-order valence-corrected chi connectivity index (χ2v) is 4.22. The van der Waals surface area contributed by atoms with Gasteiger partial charge in [-0.25, -0.2) is 14.0 Å². The Morgan fingerprint density at radius 3 is 2.94 bits per heavy atom. The van der Waals surface area contributed by atoms with E-state index in [9.17, 15) is 14.0 Å². The molecule has 1 fully saturated rings. The summed E-state index contributed by atoms with van der Waals surface area (Å²) in [6, 6.07) is 3.13. The second kappa shape index (κ2) is 4.81. The van der Waals surface area contributed by atoms with E-state index in [0.29, 0.717) is 5.56 Å². The molecule has 1 aliphatic rings. The zero-order chi connectivity index (χ0) is 13.3. The highest BCUT2D eigenvalue weighted by Crippen LogP contribution is 2.20. The second-order valence-electron chi connectivity index (χ2n) is 3.81. The molecule has 1 saturated heterocycles. The normalized spacial score (nSPS) is 18.9. The van der Waals surface area contributed by atoms with Crippen LogP contribution in [-0.2, 0) is 16.0 Å². The van der Waals surface area contributed by atoms with Crippen molar-refractivity contribution in [2.75, 3.05) is 6.73 Å². The molecule has 1 unspecified atom stereocenters. The van der Waals surface area contributed by atoms with Gasteiger partial charge in [-0.1, -0.05) is 17.7 Å². The molecule has 0 aliphatic carbocycles. The van der Waals surface area contributed by atoms with Gasteiger partial charge in [-0.15, -0.1) is 0 Å². The molecule has 0 aromatic heterocycles. The summed E-state index contributed by atoms with van der Waals surface area (Å²) < 4.78 is 17.9. The fourth-order valence-corrected chi connectivity index (χ4v) is 1.84. The molecule has 0 bridgehead atoms. The van der Waals surface area contributed by atoms with Gasteiger partial charge in [-0.2, -0.15) is 0 Å². The van der Waals surface area contributed by atoms with E-state index in [2.05, 4.69) is 4.74 Å². The molecule has 2 rings (SSSR count). The average molecular weight is 274 g/mol. The van der Waals surface area contributed by atoms with E-state index in [0.717, 1.165) is 4.90 Å². The molecule has 1 aromatic carbocycles. The molecule has 96 valence electrons. The summed E-state index contributed by atoms with van der Waals surface area (Å²) in [6.07, 6.45) is -1.19. The summed E-state index contributed by atoms with van der Waals surface area (Å²) in [5.74, 6) is -1.24. The van der Waals surface area contributed by atoms with Crippen molar-refractivity contribution < 1.29 is 23.8 Å². The van der Waals surface area contributed by atoms with E-state index >= 15 is 0 Å². The van der Waals surface area contributed by atoms with E-state index in [1.165, 1.54) is 18.2 Å². The lowest BCUT2D eigenvalue weighted by Gasteiger charge is -2.16. The minimum absolute atomic E-state index is 0.0251. The molecule has 1 atom stereocenters. The number of nitrogens with zero attached hydrogens (tertiary/aromatic N) is 1. The van der Waals surface area contributed by atoms with Gasteiger partial charge in [0.15, 0.2) is 6.73 Å². The molecular weight excluding hydrogens is 265 g/mol. The molecule has 0 spiro atoms. The number of hydrogen-bond donors (Lipinski definition) is 1. The van der Waals surface area contributed by atoms with Crippen LogP contribution in [0.2, 0.25) is 5.02 Å². The monoisotopic (exact) mass is 273 g/mol. The highest BCUT2D eigenvalue weighted by atomic mass is 35.5. The van der Waals surface area contributed by atoms with Crippen molar-refractivity contribution in [3.8, 4) is 0 Å². The third-order valence-electron chi connectivity index (χ3n) is 2.65. The summed E-state index contributed by atoms with van der Waals surface area (Å²) in [5.41, 5.74) is 0.479. The third kappa shape index (κ3) is 2.38. The number of halogens is 2. The number of carbonyl (C=O) groups is 2. The summed E-state index contributed by atoms with van der Waals surface area (Å²) in [4.78, 5) is 23.1. The summed E-state index contributed by atoms with van der Waals surface area (Å²) >= 11 is 5.53. The number of cyclic esters (lactones) is 1. The van der Waals surface area contributed by atoms with Gasteiger partial charge < -0.3 is 9.84 Å². The predicted molar refractivity (Wildman–Crippen MR) is 59.7 cm³/mol. The number of amides is 1. The lowest BCUT2D eigenvalue weighted by molar-refractivity contribution is -0.139. The van der Waals surface area contributed by atoms with Crippen LogP contribution >= 0.6 is 11.6 Å². The van der Waals surface area contributed by atoms with E-state index in [4.69, 9.17) is 16.7 Å². The van der Waals surface area contributed by atoms with E-state index in [-0.39, 0.29) is 18.2 Å². The van der Waals surface area contributed by atoms with Crippen molar-refractivity contribution in [3.63, 3.8) is 0 Å². The van der Waals surface area contributed by atoms with Crippen molar-refractivity contribution in [1.82, 2.24) is 4.90 Å². The third-order valence-corrected chi connectivity index (χ3v) is 2.96. The van der Waals surface area contributed by atoms with Crippen LogP contribution in [0.3, 0.4) is 0 Å². The number of ether oxygens (including phenoxy) is 1. The summed E-state index contributed by atoms with van der Waals surface area (Å²) in [5, 5.41) is 8.85. The molecule has 1 amide bonds. The molecule has 5 nitrogen and oxygen atoms in total. The van der Waals surface area contributed by atoms with E-state index in [1.807, 2.05) is 0 Å². The number of benzene rings is 1. The maximum Gasteiger partial charge on any atom is 0.410 e. The zero-order valence-electron chi connectivity index (χ0n) is 9.10. The van der Waals surface area contributed by atoms with Crippen LogP contribution < -0.4 is 0 Å². The highest BCUT2D eigenvalue weighted by Gasteiger charge is 2.37. The molecule has 18 heavy (non-hydrogen) atoms. The standard InChI is InChI=1S/C11H9ClFNO4/c12-7-2-1-6(3-8(7)13)4-9-10(15)18-5-14(9)11(16)17/h1-3,9H,4-5H2,(H,16,17). The number of esters is 1. The number of hydrogen-bond acceptors (Lipinski definition) is 3. The Balaban J connectivity index is 2.18. The van der Waals surface area contributed by atoms with Crippen LogP contribution in [0, 0.1) is 5.82 Å². The molecule has 1 heterocycles. The molecule has 1 N–H and O–H groups in total. The largest absolute Gasteiger partial charge is 0.465 e. The number of rotatable bonds is 2. The first kappa shape index (κ1) is 12.6. The summed E-state index contributed by atoms with van der Waals surface area (Å²) in [6.45, 7) is -0.297. The average Bonchev–Trinajstić information content (AvgIpc) is 2.66. The van der Waals surface area contributed by atoms with Gasteiger partial charge in [0.25, 0.3) is 0 Å². The van der Waals surface area contributed by atoms with Crippen molar-refractivity contribution >= 4 is 23.7 Å². The van der Waals surface area contributed by atoms with Gasteiger partial charge in [0.2, 0.25) is 0 Å². The molecule has 1 aliphatic heterocycles. The van der Waals surface area contributed by atoms with Crippen molar-refractivity contribution in [3.05, 3.63) is 34.6 Å². The zero-order valence-corrected chi connectivity index (χ0v) is 9.85. The lowest BCUT2D eigenvalue weighted by Crippen LogP contribution is -2.38. The van der Waals surface area contributed by atoms with Gasteiger partial charge in [0.05, 0.1) is 5.02 Å². The van der Waals surface area contributed by atoms with Gasteiger partial charge in [-0.05, 0) is 17.7 Å². The Hall–Kier alpha value is -1.82. The van der Waals surface area contributed by atoms with Gasteiger partial charge >= 0.3 is 12.1 Å².